The van der Waals surface area contributed by atoms with Crippen LogP contribution in [0.3, 0.4) is 0 Å². The summed E-state index contributed by atoms with van der Waals surface area (Å²) in [6.07, 6.45) is -1.35. The fraction of sp³-hybridized carbons (Fsp3) is 0.217. The number of nitrogens with one attached hydrogen (secondary N) is 1. The number of aromatic amines is 1. The van der Waals surface area contributed by atoms with E-state index in [-0.39, 0.29) is 11.6 Å². The highest BCUT2D eigenvalue weighted by Crippen LogP contribution is 2.41. The van der Waals surface area contributed by atoms with E-state index in [1.165, 1.54) is 11.3 Å². The van der Waals surface area contributed by atoms with E-state index in [0.717, 1.165) is 27.5 Å². The average Bonchev–Trinajstić information content (AvgIpc) is 3.17. The van der Waals surface area contributed by atoms with E-state index in [2.05, 4.69) is 4.98 Å². The second-order valence-corrected chi connectivity index (χ2v) is 8.73. The van der Waals surface area contributed by atoms with Gasteiger partial charge in [0.15, 0.2) is 0 Å². The fourth-order valence-electron chi connectivity index (χ4n) is 3.88. The first-order valence-corrected chi connectivity index (χ1v) is 10.4. The van der Waals surface area contributed by atoms with E-state index < -0.39 is 11.8 Å². The van der Waals surface area contributed by atoms with Crippen LogP contribution in [0.5, 0.6) is 0 Å². The highest BCUT2D eigenvalue weighted by atomic mass is 32.1. The Bertz CT molecular complexity index is 1320. The first-order chi connectivity index (χ1) is 14.2. The predicted octanol–water partition coefficient (Wildman–Crippen LogP) is 5.36. The van der Waals surface area contributed by atoms with Crippen molar-refractivity contribution in [2.45, 2.75) is 32.4 Å². The lowest BCUT2D eigenvalue weighted by Crippen LogP contribution is -2.25. The summed E-state index contributed by atoms with van der Waals surface area (Å²) in [4.78, 5) is 26.8. The second kappa shape index (κ2) is 7.27. The van der Waals surface area contributed by atoms with E-state index in [1.807, 2.05) is 48.7 Å². The van der Waals surface area contributed by atoms with Crippen LogP contribution in [0.1, 0.15) is 37.9 Å². The fourth-order valence-corrected chi connectivity index (χ4v) is 4.67. The molecule has 4 N–H and O–H groups in total. The molecule has 154 valence electrons. The molecule has 0 spiro atoms. The van der Waals surface area contributed by atoms with Crippen LogP contribution in [0.15, 0.2) is 52.6 Å². The molecule has 30 heavy (non-hydrogen) atoms. The van der Waals surface area contributed by atoms with Gasteiger partial charge in [0.05, 0.1) is 0 Å². The summed E-state index contributed by atoms with van der Waals surface area (Å²) in [7, 11) is 0. The molecule has 7 heteroatoms. The van der Waals surface area contributed by atoms with Gasteiger partial charge in [-0.25, -0.2) is 4.79 Å². The molecule has 1 unspecified atom stereocenters. The molecule has 0 radical (unpaired) electrons. The third-order valence-electron chi connectivity index (χ3n) is 5.31. The summed E-state index contributed by atoms with van der Waals surface area (Å²) in [5, 5.41) is 12.9. The number of fused-ring (bicyclic) bond motifs is 3. The zero-order valence-corrected chi connectivity index (χ0v) is 17.7. The number of aromatic nitrogens is 1. The summed E-state index contributed by atoms with van der Waals surface area (Å²) < 4.78 is 5.87. The molecule has 0 aliphatic rings. The average molecular weight is 423 g/mol. The molecule has 0 saturated heterocycles. The predicted molar refractivity (Wildman–Crippen MR) is 120 cm³/mol. The maximum absolute atomic E-state index is 12.5. The summed E-state index contributed by atoms with van der Waals surface area (Å²) >= 11 is 1.38. The van der Waals surface area contributed by atoms with Gasteiger partial charge >= 0.3 is 6.16 Å². The van der Waals surface area contributed by atoms with Crippen molar-refractivity contribution >= 4 is 38.5 Å². The number of benzene rings is 2. The minimum atomic E-state index is -1.35. The Kier molecular flexibility index (Phi) is 4.88. The lowest BCUT2D eigenvalue weighted by molar-refractivity contribution is 0.00142. The molecular formula is C23H22N2O4S. The summed E-state index contributed by atoms with van der Waals surface area (Å²) in [5.74, 6) is 0. The van der Waals surface area contributed by atoms with Crippen molar-refractivity contribution in [2.24, 2.45) is 5.73 Å². The summed E-state index contributed by atoms with van der Waals surface area (Å²) in [5.41, 5.74) is 8.87. The van der Waals surface area contributed by atoms with Crippen molar-refractivity contribution in [3.8, 4) is 11.1 Å². The molecule has 4 aromatic rings. The standard InChI is InChI=1S/C23H22N2O4S/c1-12(24)13-4-6-14(7-5-13)18-16(23(2,3)29-22(27)28)8-9-17-19(18)15-10-11-30-20(15)21(26)25-17/h4-12H,24H2,1-3H3,(H,25,26)(H,27,28). The number of H-pyrrole nitrogens is 1. The van der Waals surface area contributed by atoms with Crippen LogP contribution in [0, 0.1) is 0 Å². The molecule has 0 saturated carbocycles. The normalized spacial score (nSPS) is 12.9. The first-order valence-electron chi connectivity index (χ1n) is 9.53. The van der Waals surface area contributed by atoms with Gasteiger partial charge in [0, 0.05) is 27.9 Å². The molecule has 2 aromatic carbocycles. The van der Waals surface area contributed by atoms with Crippen LogP contribution < -0.4 is 11.3 Å². The highest BCUT2D eigenvalue weighted by molar-refractivity contribution is 7.17. The van der Waals surface area contributed by atoms with Crippen LogP contribution in [-0.4, -0.2) is 16.2 Å². The minimum absolute atomic E-state index is 0.0993. The largest absolute Gasteiger partial charge is 0.506 e. The highest BCUT2D eigenvalue weighted by Gasteiger charge is 2.30. The lowest BCUT2D eigenvalue weighted by atomic mass is 9.85. The van der Waals surface area contributed by atoms with Gasteiger partial charge in [-0.3, -0.25) is 4.79 Å². The van der Waals surface area contributed by atoms with Gasteiger partial charge in [0.1, 0.15) is 10.3 Å². The number of ether oxygens (including phenoxy) is 1. The zero-order chi connectivity index (χ0) is 21.6. The van der Waals surface area contributed by atoms with Crippen LogP contribution in [0.25, 0.3) is 32.1 Å². The number of pyridine rings is 1. The molecule has 0 amide bonds. The van der Waals surface area contributed by atoms with Crippen molar-refractivity contribution in [2.75, 3.05) is 0 Å². The zero-order valence-electron chi connectivity index (χ0n) is 16.9. The first kappa shape index (κ1) is 20.1. The van der Waals surface area contributed by atoms with E-state index in [1.54, 1.807) is 19.9 Å². The van der Waals surface area contributed by atoms with Gasteiger partial charge in [0.25, 0.3) is 5.56 Å². The minimum Gasteiger partial charge on any atom is -0.450 e. The Labute approximate surface area is 176 Å². The number of hydrogen-bond donors (Lipinski definition) is 3. The van der Waals surface area contributed by atoms with Crippen LogP contribution >= 0.6 is 11.3 Å². The summed E-state index contributed by atoms with van der Waals surface area (Å²) in [6, 6.07) is 13.3. The van der Waals surface area contributed by atoms with Crippen molar-refractivity contribution in [3.05, 3.63) is 69.3 Å². The van der Waals surface area contributed by atoms with Crippen LogP contribution in [0.2, 0.25) is 0 Å². The Hall–Kier alpha value is -3.16. The third kappa shape index (κ3) is 3.36. The number of thiophene rings is 1. The molecule has 0 bridgehead atoms. The topological polar surface area (TPSA) is 105 Å². The van der Waals surface area contributed by atoms with Gasteiger partial charge in [-0.1, -0.05) is 30.3 Å². The SMILES string of the molecule is CC(N)c1ccc(-c2c(C(C)(C)OC(=O)O)ccc3[nH]c(=O)c4sccc4c23)cc1. The Morgan fingerprint density at radius 1 is 1.17 bits per heavy atom. The molecule has 0 aliphatic carbocycles. The molecule has 0 fully saturated rings. The van der Waals surface area contributed by atoms with Gasteiger partial charge in [-0.05, 0) is 55.0 Å². The smallest absolute Gasteiger partial charge is 0.450 e. The quantitative estimate of drug-likeness (QED) is 0.384. The molecule has 2 heterocycles. The van der Waals surface area contributed by atoms with Crippen LogP contribution in [-0.2, 0) is 10.3 Å². The maximum Gasteiger partial charge on any atom is 0.506 e. The van der Waals surface area contributed by atoms with Gasteiger partial charge in [-0.15, -0.1) is 11.3 Å². The Morgan fingerprint density at radius 2 is 1.87 bits per heavy atom. The van der Waals surface area contributed by atoms with Gasteiger partial charge in [0.2, 0.25) is 0 Å². The number of rotatable bonds is 4. The van der Waals surface area contributed by atoms with Gasteiger partial charge in [-0.2, -0.15) is 0 Å². The maximum atomic E-state index is 12.5. The third-order valence-corrected chi connectivity index (χ3v) is 6.22. The number of hydrogen-bond acceptors (Lipinski definition) is 5. The summed E-state index contributed by atoms with van der Waals surface area (Å²) in [6.45, 7) is 5.36. The van der Waals surface area contributed by atoms with E-state index in [0.29, 0.717) is 15.8 Å². The Balaban J connectivity index is 2.12. The lowest BCUT2D eigenvalue weighted by Gasteiger charge is -2.28. The molecular weight excluding hydrogens is 400 g/mol. The number of carboxylic acid groups (broad SMARTS) is 1. The van der Waals surface area contributed by atoms with E-state index >= 15 is 0 Å². The Morgan fingerprint density at radius 3 is 2.50 bits per heavy atom. The van der Waals surface area contributed by atoms with E-state index in [9.17, 15) is 14.7 Å². The molecule has 2 aromatic heterocycles. The monoisotopic (exact) mass is 422 g/mol. The van der Waals surface area contributed by atoms with Crippen molar-refractivity contribution in [3.63, 3.8) is 0 Å². The van der Waals surface area contributed by atoms with Crippen LogP contribution in [0.4, 0.5) is 4.79 Å². The molecule has 6 nitrogen and oxygen atoms in total. The number of carbonyl (C=O) groups is 1. The molecule has 0 aliphatic heterocycles. The second-order valence-electron chi connectivity index (χ2n) is 7.82. The van der Waals surface area contributed by atoms with Crippen molar-refractivity contribution < 1.29 is 14.6 Å². The number of nitrogens with two attached hydrogens (primary N) is 1. The van der Waals surface area contributed by atoms with Gasteiger partial charge < -0.3 is 20.6 Å². The van der Waals surface area contributed by atoms with Crippen molar-refractivity contribution in [1.82, 2.24) is 4.98 Å². The van der Waals surface area contributed by atoms with E-state index in [4.69, 9.17) is 10.5 Å². The molecule has 4 rings (SSSR count). The molecule has 1 atom stereocenters. The van der Waals surface area contributed by atoms with Crippen molar-refractivity contribution in [1.29, 1.82) is 0 Å².